The first-order valence-electron chi connectivity index (χ1n) is 7.17. The molecule has 0 radical (unpaired) electrons. The van der Waals surface area contributed by atoms with Gasteiger partial charge in [0.1, 0.15) is 16.5 Å². The molecule has 2 heterocycles. The molecule has 1 aromatic carbocycles. The van der Waals surface area contributed by atoms with Gasteiger partial charge in [0, 0.05) is 26.2 Å². The average molecular weight is 372 g/mol. The number of halogens is 2. The number of hydrogen-bond acceptors (Lipinski definition) is 4. The van der Waals surface area contributed by atoms with Gasteiger partial charge in [0.25, 0.3) is 5.91 Å². The minimum absolute atomic E-state index is 0.0371. The molecule has 0 unspecified atom stereocenters. The number of benzene rings is 1. The van der Waals surface area contributed by atoms with Gasteiger partial charge in [0.2, 0.25) is 10.0 Å². The van der Waals surface area contributed by atoms with E-state index in [0.29, 0.717) is 10.9 Å². The van der Waals surface area contributed by atoms with Crippen LogP contribution in [-0.2, 0) is 10.0 Å². The van der Waals surface area contributed by atoms with E-state index in [2.05, 4.69) is 0 Å². The molecule has 1 amide bonds. The first-order valence-corrected chi connectivity index (χ1v) is 9.49. The largest absolute Gasteiger partial charge is 0.335 e. The van der Waals surface area contributed by atoms with E-state index in [1.165, 1.54) is 11.3 Å². The normalized spacial score (nSPS) is 16.3. The number of piperazine rings is 1. The molecule has 2 aromatic rings. The summed E-state index contributed by atoms with van der Waals surface area (Å²) in [7, 11) is -4.14. The molecule has 3 rings (SSSR count). The second kappa shape index (κ2) is 6.58. The Morgan fingerprint density at radius 2 is 1.79 bits per heavy atom. The van der Waals surface area contributed by atoms with E-state index < -0.39 is 26.6 Å². The Bertz CT molecular complexity index is 846. The smallest absolute Gasteiger partial charge is 0.264 e. The maximum absolute atomic E-state index is 13.8. The first kappa shape index (κ1) is 17.0. The van der Waals surface area contributed by atoms with Crippen molar-refractivity contribution in [3.63, 3.8) is 0 Å². The summed E-state index contributed by atoms with van der Waals surface area (Å²) in [5, 5.41) is 1.79. The average Bonchev–Trinajstić information content (AvgIpc) is 3.11. The fraction of sp³-hybridized carbons (Fsp3) is 0.267. The molecule has 0 aliphatic carbocycles. The van der Waals surface area contributed by atoms with Gasteiger partial charge in [-0.2, -0.15) is 4.31 Å². The summed E-state index contributed by atoms with van der Waals surface area (Å²) in [6.45, 7) is 0.477. The zero-order chi connectivity index (χ0) is 17.3. The van der Waals surface area contributed by atoms with Crippen LogP contribution in [0, 0.1) is 11.6 Å². The standard InChI is InChI=1S/C15H14F2N2O3S2/c16-11-3-4-12(17)14(10-11)24(21,22)19-7-5-18(6-8-19)15(20)13-2-1-9-23-13/h1-4,9-10H,5-8H2. The van der Waals surface area contributed by atoms with Crippen molar-refractivity contribution in [2.75, 3.05) is 26.2 Å². The molecule has 0 spiro atoms. The zero-order valence-electron chi connectivity index (χ0n) is 12.5. The summed E-state index contributed by atoms with van der Waals surface area (Å²) < 4.78 is 53.1. The van der Waals surface area contributed by atoms with Gasteiger partial charge >= 0.3 is 0 Å². The minimum atomic E-state index is -4.14. The SMILES string of the molecule is O=C(c1cccs1)N1CCN(S(=O)(=O)c2cc(F)ccc2F)CC1. The summed E-state index contributed by atoms with van der Waals surface area (Å²) in [5.41, 5.74) is 0. The number of sulfonamides is 1. The van der Waals surface area contributed by atoms with Crippen molar-refractivity contribution in [3.05, 3.63) is 52.2 Å². The van der Waals surface area contributed by atoms with Crippen LogP contribution in [0.3, 0.4) is 0 Å². The molecule has 1 fully saturated rings. The van der Waals surface area contributed by atoms with E-state index in [-0.39, 0.29) is 32.1 Å². The van der Waals surface area contributed by atoms with E-state index in [0.717, 1.165) is 16.4 Å². The van der Waals surface area contributed by atoms with E-state index >= 15 is 0 Å². The Morgan fingerprint density at radius 1 is 1.08 bits per heavy atom. The molecule has 9 heteroatoms. The Hall–Kier alpha value is -1.84. The molecule has 1 saturated heterocycles. The van der Waals surface area contributed by atoms with Gasteiger partial charge in [0.05, 0.1) is 4.88 Å². The number of carbonyl (C=O) groups excluding carboxylic acids is 1. The zero-order valence-corrected chi connectivity index (χ0v) is 14.1. The Morgan fingerprint density at radius 3 is 2.42 bits per heavy atom. The number of amides is 1. The third kappa shape index (κ3) is 3.19. The second-order valence-electron chi connectivity index (χ2n) is 5.25. The van der Waals surface area contributed by atoms with Gasteiger partial charge in [-0.15, -0.1) is 11.3 Å². The topological polar surface area (TPSA) is 57.7 Å². The predicted molar refractivity (Wildman–Crippen MR) is 85.3 cm³/mol. The fourth-order valence-corrected chi connectivity index (χ4v) is 4.69. The summed E-state index contributed by atoms with van der Waals surface area (Å²) in [5.74, 6) is -1.96. The van der Waals surface area contributed by atoms with Crippen LogP contribution >= 0.6 is 11.3 Å². The highest BCUT2D eigenvalue weighted by molar-refractivity contribution is 7.89. The minimum Gasteiger partial charge on any atom is -0.335 e. The summed E-state index contributed by atoms with van der Waals surface area (Å²) in [6.07, 6.45) is 0. The Labute approximate surface area is 142 Å². The number of nitrogens with zero attached hydrogens (tertiary/aromatic N) is 2. The first-order chi connectivity index (χ1) is 11.4. The van der Waals surface area contributed by atoms with Gasteiger partial charge in [-0.1, -0.05) is 6.07 Å². The van der Waals surface area contributed by atoms with Crippen LogP contribution in [-0.4, -0.2) is 49.7 Å². The number of carbonyl (C=O) groups is 1. The van der Waals surface area contributed by atoms with E-state index in [4.69, 9.17) is 0 Å². The lowest BCUT2D eigenvalue weighted by Gasteiger charge is -2.33. The molecule has 0 N–H and O–H groups in total. The molecule has 5 nitrogen and oxygen atoms in total. The molecule has 0 saturated carbocycles. The Balaban J connectivity index is 1.74. The maximum Gasteiger partial charge on any atom is 0.264 e. The van der Waals surface area contributed by atoms with Crippen LogP contribution < -0.4 is 0 Å². The van der Waals surface area contributed by atoms with E-state index in [1.807, 2.05) is 0 Å². The number of rotatable bonds is 3. The van der Waals surface area contributed by atoms with E-state index in [9.17, 15) is 22.0 Å². The van der Waals surface area contributed by atoms with Crippen LogP contribution in [0.25, 0.3) is 0 Å². The lowest BCUT2D eigenvalue weighted by molar-refractivity contribution is 0.0702. The van der Waals surface area contributed by atoms with Gasteiger partial charge in [-0.05, 0) is 29.6 Å². The highest BCUT2D eigenvalue weighted by Crippen LogP contribution is 2.22. The summed E-state index contributed by atoms with van der Waals surface area (Å²) >= 11 is 1.32. The summed E-state index contributed by atoms with van der Waals surface area (Å²) in [6, 6.07) is 5.81. The molecule has 128 valence electrons. The third-order valence-corrected chi connectivity index (χ3v) is 6.54. The fourth-order valence-electron chi connectivity index (χ4n) is 2.50. The second-order valence-corrected chi connectivity index (χ2v) is 8.10. The van der Waals surface area contributed by atoms with Gasteiger partial charge in [-0.25, -0.2) is 17.2 Å². The highest BCUT2D eigenvalue weighted by atomic mass is 32.2. The number of hydrogen-bond donors (Lipinski definition) is 0. The van der Waals surface area contributed by atoms with E-state index in [1.54, 1.807) is 22.4 Å². The Kier molecular flexibility index (Phi) is 4.66. The van der Waals surface area contributed by atoms with Crippen LogP contribution in [0.2, 0.25) is 0 Å². The molecule has 0 bridgehead atoms. The molecule has 1 aliphatic heterocycles. The van der Waals surface area contributed by atoms with Crippen LogP contribution in [0.15, 0.2) is 40.6 Å². The predicted octanol–water partition coefficient (Wildman–Crippen LogP) is 2.17. The summed E-state index contributed by atoms with van der Waals surface area (Å²) in [4.78, 5) is 13.7. The lowest BCUT2D eigenvalue weighted by atomic mass is 10.3. The molecule has 0 atom stereocenters. The van der Waals surface area contributed by atoms with Crippen LogP contribution in [0.4, 0.5) is 8.78 Å². The number of thiophene rings is 1. The highest BCUT2D eigenvalue weighted by Gasteiger charge is 2.32. The lowest BCUT2D eigenvalue weighted by Crippen LogP contribution is -2.50. The monoisotopic (exact) mass is 372 g/mol. The molecule has 24 heavy (non-hydrogen) atoms. The quantitative estimate of drug-likeness (QED) is 0.830. The third-order valence-electron chi connectivity index (χ3n) is 3.77. The van der Waals surface area contributed by atoms with Crippen molar-refractivity contribution >= 4 is 27.3 Å². The van der Waals surface area contributed by atoms with Crippen molar-refractivity contribution in [1.29, 1.82) is 0 Å². The maximum atomic E-state index is 13.8. The van der Waals surface area contributed by atoms with Crippen molar-refractivity contribution in [2.45, 2.75) is 4.90 Å². The van der Waals surface area contributed by atoms with Crippen molar-refractivity contribution < 1.29 is 22.0 Å². The van der Waals surface area contributed by atoms with Crippen LogP contribution in [0.1, 0.15) is 9.67 Å². The van der Waals surface area contributed by atoms with Crippen molar-refractivity contribution in [1.82, 2.24) is 9.21 Å². The van der Waals surface area contributed by atoms with Crippen LogP contribution in [0.5, 0.6) is 0 Å². The van der Waals surface area contributed by atoms with Gasteiger partial charge in [-0.3, -0.25) is 4.79 Å². The molecule has 1 aliphatic rings. The van der Waals surface area contributed by atoms with Gasteiger partial charge in [0.15, 0.2) is 0 Å². The molecular formula is C15H14F2N2O3S2. The van der Waals surface area contributed by atoms with Crippen molar-refractivity contribution in [3.8, 4) is 0 Å². The van der Waals surface area contributed by atoms with Gasteiger partial charge < -0.3 is 4.90 Å². The molecule has 1 aromatic heterocycles. The van der Waals surface area contributed by atoms with Crippen molar-refractivity contribution in [2.24, 2.45) is 0 Å². The molecular weight excluding hydrogens is 358 g/mol.